The average Bonchev–Trinajstić information content (AvgIpc) is 2.82. The Morgan fingerprint density at radius 2 is 2.22 bits per heavy atom. The Labute approximate surface area is 108 Å². The van der Waals surface area contributed by atoms with E-state index in [4.69, 9.17) is 0 Å². The van der Waals surface area contributed by atoms with Crippen LogP contribution in [0.4, 0.5) is 5.82 Å². The van der Waals surface area contributed by atoms with Gasteiger partial charge in [0.2, 0.25) is 0 Å². The summed E-state index contributed by atoms with van der Waals surface area (Å²) in [5.74, 6) is 0.375. The molecule has 0 radical (unpaired) electrons. The molecule has 0 saturated heterocycles. The summed E-state index contributed by atoms with van der Waals surface area (Å²) < 4.78 is 0. The van der Waals surface area contributed by atoms with Gasteiger partial charge in [0.1, 0.15) is 10.8 Å². The van der Waals surface area contributed by atoms with E-state index in [1.807, 2.05) is 13.1 Å². The van der Waals surface area contributed by atoms with E-state index in [0.29, 0.717) is 18.1 Å². The minimum absolute atomic E-state index is 0.246. The van der Waals surface area contributed by atoms with Crippen LogP contribution >= 0.6 is 11.3 Å². The van der Waals surface area contributed by atoms with Gasteiger partial charge in [-0.2, -0.15) is 0 Å². The molecular formula is C11H13N5OS. The Morgan fingerprint density at radius 3 is 2.78 bits per heavy atom. The van der Waals surface area contributed by atoms with E-state index >= 15 is 0 Å². The highest BCUT2D eigenvalue weighted by molar-refractivity contribution is 7.11. The van der Waals surface area contributed by atoms with E-state index in [2.05, 4.69) is 25.8 Å². The maximum atomic E-state index is 11.3. The first-order valence-corrected chi connectivity index (χ1v) is 6.21. The van der Waals surface area contributed by atoms with E-state index in [0.717, 1.165) is 5.01 Å². The minimum atomic E-state index is -0.246. The first-order chi connectivity index (χ1) is 8.69. The van der Waals surface area contributed by atoms with Gasteiger partial charge in [0.05, 0.1) is 6.54 Å². The second kappa shape index (κ2) is 5.54. The highest BCUT2D eigenvalue weighted by Crippen LogP contribution is 2.12. The van der Waals surface area contributed by atoms with Crippen molar-refractivity contribution in [2.24, 2.45) is 0 Å². The molecule has 2 N–H and O–H groups in total. The Kier molecular flexibility index (Phi) is 3.83. The zero-order valence-corrected chi connectivity index (χ0v) is 10.9. The summed E-state index contributed by atoms with van der Waals surface area (Å²) in [5.41, 5.74) is 0.299. The molecule has 0 saturated carbocycles. The molecule has 0 aliphatic carbocycles. The van der Waals surface area contributed by atoms with E-state index in [9.17, 15) is 4.79 Å². The molecule has 6 nitrogen and oxygen atoms in total. The second-order valence-electron chi connectivity index (χ2n) is 3.60. The zero-order chi connectivity index (χ0) is 13.0. The summed E-state index contributed by atoms with van der Waals surface area (Å²) in [6.45, 7) is 2.62. The van der Waals surface area contributed by atoms with Crippen molar-refractivity contribution in [1.82, 2.24) is 20.5 Å². The number of hydrogen-bond acceptors (Lipinski definition) is 6. The first kappa shape index (κ1) is 12.4. The molecule has 0 unspecified atom stereocenters. The van der Waals surface area contributed by atoms with Crippen LogP contribution in [0, 0.1) is 6.92 Å². The Hall–Kier alpha value is -2.02. The molecule has 0 fully saturated rings. The lowest BCUT2D eigenvalue weighted by molar-refractivity contribution is 0.0957. The molecule has 0 atom stereocenters. The number of nitrogens with one attached hydrogen (secondary N) is 2. The minimum Gasteiger partial charge on any atom is -0.362 e. The summed E-state index contributed by atoms with van der Waals surface area (Å²) in [6.07, 6.45) is 1.84. The fraction of sp³-hybridized carbons (Fsp3) is 0.273. The van der Waals surface area contributed by atoms with Gasteiger partial charge in [-0.3, -0.25) is 4.79 Å². The summed E-state index contributed by atoms with van der Waals surface area (Å²) in [6, 6.07) is 3.35. The quantitative estimate of drug-likeness (QED) is 0.866. The number of thiazole rings is 1. The van der Waals surface area contributed by atoms with Crippen LogP contribution < -0.4 is 10.6 Å². The number of aromatic nitrogens is 3. The third-order valence-electron chi connectivity index (χ3n) is 2.21. The molecule has 0 spiro atoms. The molecule has 2 aromatic rings. The molecule has 18 heavy (non-hydrogen) atoms. The van der Waals surface area contributed by atoms with Gasteiger partial charge in [-0.25, -0.2) is 4.98 Å². The van der Waals surface area contributed by atoms with Crippen molar-refractivity contribution in [3.8, 4) is 0 Å². The lowest BCUT2D eigenvalue weighted by atomic mass is 10.3. The number of carbonyl (C=O) groups excluding carboxylic acids is 1. The molecule has 94 valence electrons. The number of aryl methyl sites for hydroxylation is 1. The Bertz CT molecular complexity index is 537. The van der Waals surface area contributed by atoms with Gasteiger partial charge < -0.3 is 10.6 Å². The van der Waals surface area contributed by atoms with Gasteiger partial charge in [0.25, 0.3) is 5.91 Å². The maximum absolute atomic E-state index is 11.3. The highest BCUT2D eigenvalue weighted by Gasteiger charge is 2.05. The molecule has 0 aliphatic heterocycles. The predicted octanol–water partition coefficient (Wildman–Crippen LogP) is 1.21. The van der Waals surface area contributed by atoms with Crippen molar-refractivity contribution in [1.29, 1.82) is 0 Å². The standard InChI is InChI=1S/C11H13N5OS/c1-7-5-14-10(18-7)6-13-9-4-3-8(15-16-9)11(17)12-2/h3-5H,6H2,1-2H3,(H,12,17)(H,13,16). The molecule has 2 aromatic heterocycles. The molecule has 1 amide bonds. The molecule has 0 aliphatic rings. The smallest absolute Gasteiger partial charge is 0.271 e. The van der Waals surface area contributed by atoms with Gasteiger partial charge in [-0.15, -0.1) is 21.5 Å². The number of rotatable bonds is 4. The summed E-state index contributed by atoms with van der Waals surface area (Å²) >= 11 is 1.63. The third-order valence-corrected chi connectivity index (χ3v) is 3.13. The summed E-state index contributed by atoms with van der Waals surface area (Å²) in [7, 11) is 1.56. The SMILES string of the molecule is CNC(=O)c1ccc(NCc2ncc(C)s2)nn1. The summed E-state index contributed by atoms with van der Waals surface area (Å²) in [5, 5.41) is 14.3. The van der Waals surface area contributed by atoms with Crippen molar-refractivity contribution >= 4 is 23.1 Å². The predicted molar refractivity (Wildman–Crippen MR) is 69.6 cm³/mol. The van der Waals surface area contributed by atoms with Crippen LogP contribution in [-0.4, -0.2) is 28.1 Å². The lowest BCUT2D eigenvalue weighted by Crippen LogP contribution is -2.19. The highest BCUT2D eigenvalue weighted by atomic mass is 32.1. The fourth-order valence-electron chi connectivity index (χ4n) is 1.33. The van der Waals surface area contributed by atoms with E-state index in [1.54, 1.807) is 30.5 Å². The number of nitrogens with zero attached hydrogens (tertiary/aromatic N) is 3. The molecule has 0 aromatic carbocycles. The molecule has 7 heteroatoms. The van der Waals surface area contributed by atoms with Crippen LogP contribution in [0.1, 0.15) is 20.4 Å². The molecular weight excluding hydrogens is 250 g/mol. The third kappa shape index (κ3) is 3.01. The number of hydrogen-bond donors (Lipinski definition) is 2. The van der Waals surface area contributed by atoms with E-state index in [-0.39, 0.29) is 5.91 Å². The van der Waals surface area contributed by atoms with Crippen LogP contribution in [-0.2, 0) is 6.54 Å². The largest absolute Gasteiger partial charge is 0.362 e. The number of carbonyl (C=O) groups is 1. The van der Waals surface area contributed by atoms with Crippen molar-refractivity contribution < 1.29 is 4.79 Å². The molecule has 2 rings (SSSR count). The number of anilines is 1. The monoisotopic (exact) mass is 263 g/mol. The van der Waals surface area contributed by atoms with E-state index < -0.39 is 0 Å². The maximum Gasteiger partial charge on any atom is 0.271 e. The average molecular weight is 263 g/mol. The topological polar surface area (TPSA) is 79.8 Å². The van der Waals surface area contributed by atoms with E-state index in [1.165, 1.54) is 4.88 Å². The van der Waals surface area contributed by atoms with Crippen molar-refractivity contribution in [3.05, 3.63) is 33.9 Å². The molecule has 0 bridgehead atoms. The van der Waals surface area contributed by atoms with Crippen LogP contribution in [0.3, 0.4) is 0 Å². The van der Waals surface area contributed by atoms with Gasteiger partial charge in [-0.1, -0.05) is 0 Å². The van der Waals surface area contributed by atoms with Crippen molar-refractivity contribution in [3.63, 3.8) is 0 Å². The Balaban J connectivity index is 1.96. The summed E-state index contributed by atoms with van der Waals surface area (Å²) in [4.78, 5) is 16.7. The first-order valence-electron chi connectivity index (χ1n) is 5.40. The van der Waals surface area contributed by atoms with Gasteiger partial charge in [-0.05, 0) is 19.1 Å². The normalized spacial score (nSPS) is 10.1. The van der Waals surface area contributed by atoms with Crippen LogP contribution in [0.25, 0.3) is 0 Å². The van der Waals surface area contributed by atoms with Crippen LogP contribution in [0.5, 0.6) is 0 Å². The van der Waals surface area contributed by atoms with Gasteiger partial charge in [0, 0.05) is 18.1 Å². The zero-order valence-electron chi connectivity index (χ0n) is 10.1. The lowest BCUT2D eigenvalue weighted by Gasteiger charge is -2.03. The van der Waals surface area contributed by atoms with Crippen molar-refractivity contribution in [2.75, 3.05) is 12.4 Å². The van der Waals surface area contributed by atoms with Crippen LogP contribution in [0.15, 0.2) is 18.3 Å². The second-order valence-corrected chi connectivity index (χ2v) is 4.92. The van der Waals surface area contributed by atoms with Gasteiger partial charge in [0.15, 0.2) is 5.69 Å². The van der Waals surface area contributed by atoms with Crippen molar-refractivity contribution in [2.45, 2.75) is 13.5 Å². The number of amides is 1. The van der Waals surface area contributed by atoms with Gasteiger partial charge >= 0.3 is 0 Å². The molecule has 2 heterocycles. The fourth-order valence-corrected chi connectivity index (χ4v) is 2.05. The van der Waals surface area contributed by atoms with Crippen LogP contribution in [0.2, 0.25) is 0 Å². The Morgan fingerprint density at radius 1 is 1.39 bits per heavy atom.